The van der Waals surface area contributed by atoms with Crippen molar-refractivity contribution in [3.05, 3.63) is 30.1 Å². The summed E-state index contributed by atoms with van der Waals surface area (Å²) < 4.78 is 13.2. The summed E-state index contributed by atoms with van der Waals surface area (Å²) in [6, 6.07) is 5.75. The van der Waals surface area contributed by atoms with Gasteiger partial charge in [0.05, 0.1) is 6.54 Å². The van der Waals surface area contributed by atoms with Crippen LogP contribution in [0.2, 0.25) is 0 Å². The van der Waals surface area contributed by atoms with Gasteiger partial charge >= 0.3 is 0 Å². The third-order valence-corrected chi connectivity index (χ3v) is 4.59. The Hall–Kier alpha value is -2.81. The number of amides is 3. The van der Waals surface area contributed by atoms with Crippen molar-refractivity contribution in [1.29, 1.82) is 0 Å². The molecule has 0 bridgehead atoms. The summed E-state index contributed by atoms with van der Waals surface area (Å²) >= 11 is 0. The van der Waals surface area contributed by atoms with Crippen molar-refractivity contribution in [1.82, 2.24) is 14.8 Å². The van der Waals surface area contributed by atoms with E-state index in [1.165, 1.54) is 23.2 Å². The molecule has 3 amide bonds. The summed E-state index contributed by atoms with van der Waals surface area (Å²) in [4.78, 5) is 39.7. The molecule has 1 saturated heterocycles. The van der Waals surface area contributed by atoms with E-state index in [-0.39, 0.29) is 24.3 Å². The van der Waals surface area contributed by atoms with E-state index in [1.54, 1.807) is 18.0 Å². The van der Waals surface area contributed by atoms with Crippen LogP contribution in [-0.2, 0) is 14.4 Å². The molecule has 0 atom stereocenters. The van der Waals surface area contributed by atoms with Gasteiger partial charge in [-0.1, -0.05) is 6.07 Å². The number of carbonyl (C=O) groups is 3. The highest BCUT2D eigenvalue weighted by atomic mass is 19.1. The van der Waals surface area contributed by atoms with Crippen molar-refractivity contribution in [2.75, 3.05) is 45.1 Å². The van der Waals surface area contributed by atoms with Crippen LogP contribution >= 0.6 is 0 Å². The molecule has 1 fully saturated rings. The standard InChI is InChI=1S/C18H22FN5O3/c1-22-17(26)6-5-15(21-22)18(27)24-9-7-23(8-10-24)12-16(25)20-14-4-2-3-13(19)11-14/h2-4,11H,5-10,12H2,1H3,(H,20,25). The fourth-order valence-electron chi connectivity index (χ4n) is 3.09. The lowest BCUT2D eigenvalue weighted by atomic mass is 10.1. The summed E-state index contributed by atoms with van der Waals surface area (Å²) in [7, 11) is 1.55. The SMILES string of the molecule is CN1N=C(C(=O)N2CCN(CC(=O)Nc3cccc(F)c3)CC2)CCC1=O. The predicted octanol–water partition coefficient (Wildman–Crippen LogP) is 0.517. The molecule has 0 aromatic heterocycles. The molecule has 0 saturated carbocycles. The second-order valence-electron chi connectivity index (χ2n) is 6.59. The van der Waals surface area contributed by atoms with Crippen molar-refractivity contribution >= 4 is 29.1 Å². The summed E-state index contributed by atoms with van der Waals surface area (Å²) in [6.45, 7) is 2.27. The fraction of sp³-hybridized carbons (Fsp3) is 0.444. The predicted molar refractivity (Wildman–Crippen MR) is 97.5 cm³/mol. The molecule has 2 aliphatic rings. The first-order valence-electron chi connectivity index (χ1n) is 8.83. The van der Waals surface area contributed by atoms with E-state index in [0.717, 1.165) is 0 Å². The van der Waals surface area contributed by atoms with Gasteiger partial charge in [-0.3, -0.25) is 19.3 Å². The van der Waals surface area contributed by atoms with Gasteiger partial charge < -0.3 is 10.2 Å². The van der Waals surface area contributed by atoms with Gasteiger partial charge in [-0.15, -0.1) is 0 Å². The quantitative estimate of drug-likeness (QED) is 0.831. The molecule has 8 nitrogen and oxygen atoms in total. The smallest absolute Gasteiger partial charge is 0.270 e. The number of hydrogen-bond donors (Lipinski definition) is 1. The Balaban J connectivity index is 1.47. The van der Waals surface area contributed by atoms with Gasteiger partial charge in [0.1, 0.15) is 11.5 Å². The molecule has 1 aromatic carbocycles. The Labute approximate surface area is 156 Å². The van der Waals surface area contributed by atoms with Crippen LogP contribution in [0.15, 0.2) is 29.4 Å². The molecular formula is C18H22FN5O3. The van der Waals surface area contributed by atoms with Gasteiger partial charge in [0, 0.05) is 51.8 Å². The summed E-state index contributed by atoms with van der Waals surface area (Å²) in [5.74, 6) is -0.881. The van der Waals surface area contributed by atoms with E-state index >= 15 is 0 Å². The normalized spacial score (nSPS) is 18.3. The second-order valence-corrected chi connectivity index (χ2v) is 6.59. The maximum Gasteiger partial charge on any atom is 0.270 e. The van der Waals surface area contributed by atoms with Crippen LogP contribution in [0, 0.1) is 5.82 Å². The molecular weight excluding hydrogens is 353 g/mol. The Kier molecular flexibility index (Phi) is 5.80. The number of hydrazone groups is 1. The largest absolute Gasteiger partial charge is 0.335 e. The van der Waals surface area contributed by atoms with Gasteiger partial charge in [-0.2, -0.15) is 5.10 Å². The van der Waals surface area contributed by atoms with Crippen LogP contribution in [0.4, 0.5) is 10.1 Å². The van der Waals surface area contributed by atoms with Gasteiger partial charge in [0.25, 0.3) is 5.91 Å². The minimum atomic E-state index is -0.405. The highest BCUT2D eigenvalue weighted by Gasteiger charge is 2.28. The molecule has 0 spiro atoms. The monoisotopic (exact) mass is 375 g/mol. The molecule has 27 heavy (non-hydrogen) atoms. The third kappa shape index (κ3) is 4.88. The van der Waals surface area contributed by atoms with Crippen molar-refractivity contribution in [3.63, 3.8) is 0 Å². The van der Waals surface area contributed by atoms with E-state index in [0.29, 0.717) is 50.4 Å². The van der Waals surface area contributed by atoms with Gasteiger partial charge in [-0.25, -0.2) is 9.40 Å². The number of hydrogen-bond acceptors (Lipinski definition) is 5. The lowest BCUT2D eigenvalue weighted by Crippen LogP contribution is -2.52. The lowest BCUT2D eigenvalue weighted by Gasteiger charge is -2.35. The van der Waals surface area contributed by atoms with Crippen LogP contribution in [0.1, 0.15) is 12.8 Å². The van der Waals surface area contributed by atoms with Crippen molar-refractivity contribution < 1.29 is 18.8 Å². The van der Waals surface area contributed by atoms with Gasteiger partial charge in [0.2, 0.25) is 11.8 Å². The van der Waals surface area contributed by atoms with Crippen LogP contribution in [-0.4, -0.2) is 78.0 Å². The van der Waals surface area contributed by atoms with Gasteiger partial charge in [0.15, 0.2) is 0 Å². The Bertz CT molecular complexity index is 774. The molecule has 9 heteroatoms. The number of benzene rings is 1. The van der Waals surface area contributed by atoms with Crippen LogP contribution < -0.4 is 5.32 Å². The summed E-state index contributed by atoms with van der Waals surface area (Å²) in [6.07, 6.45) is 0.652. The minimum Gasteiger partial charge on any atom is -0.335 e. The zero-order valence-electron chi connectivity index (χ0n) is 15.2. The molecule has 0 unspecified atom stereocenters. The molecule has 3 rings (SSSR count). The van der Waals surface area contributed by atoms with E-state index in [1.807, 2.05) is 4.90 Å². The summed E-state index contributed by atoms with van der Waals surface area (Å²) in [5.41, 5.74) is 0.817. The molecule has 0 radical (unpaired) electrons. The van der Waals surface area contributed by atoms with E-state index in [9.17, 15) is 18.8 Å². The number of carbonyl (C=O) groups excluding carboxylic acids is 3. The second kappa shape index (κ2) is 8.26. The number of anilines is 1. The average Bonchev–Trinajstić information content (AvgIpc) is 2.64. The first kappa shape index (κ1) is 19.0. The number of nitrogens with one attached hydrogen (secondary N) is 1. The van der Waals surface area contributed by atoms with Crippen LogP contribution in [0.25, 0.3) is 0 Å². The maximum atomic E-state index is 13.2. The first-order valence-corrected chi connectivity index (χ1v) is 8.83. The Morgan fingerprint density at radius 1 is 1.19 bits per heavy atom. The van der Waals surface area contributed by atoms with Crippen molar-refractivity contribution in [3.8, 4) is 0 Å². The van der Waals surface area contributed by atoms with E-state index in [4.69, 9.17) is 0 Å². The molecule has 1 N–H and O–H groups in total. The van der Waals surface area contributed by atoms with Crippen molar-refractivity contribution in [2.24, 2.45) is 5.10 Å². The maximum absolute atomic E-state index is 13.2. The highest BCUT2D eigenvalue weighted by molar-refractivity contribution is 6.39. The van der Waals surface area contributed by atoms with Crippen molar-refractivity contribution in [2.45, 2.75) is 12.8 Å². The Morgan fingerprint density at radius 3 is 2.59 bits per heavy atom. The first-order chi connectivity index (χ1) is 12.9. The average molecular weight is 375 g/mol. The van der Waals surface area contributed by atoms with Gasteiger partial charge in [-0.05, 0) is 18.2 Å². The summed E-state index contributed by atoms with van der Waals surface area (Å²) in [5, 5.41) is 7.94. The number of halogens is 1. The topological polar surface area (TPSA) is 85.3 Å². The number of piperazine rings is 1. The molecule has 2 aliphatic heterocycles. The third-order valence-electron chi connectivity index (χ3n) is 4.59. The number of nitrogens with zero attached hydrogens (tertiary/aromatic N) is 4. The zero-order chi connectivity index (χ0) is 19.4. The minimum absolute atomic E-state index is 0.0966. The molecule has 144 valence electrons. The molecule has 1 aromatic rings. The van der Waals surface area contributed by atoms with Crippen LogP contribution in [0.3, 0.4) is 0 Å². The molecule has 2 heterocycles. The zero-order valence-corrected chi connectivity index (χ0v) is 15.2. The lowest BCUT2D eigenvalue weighted by molar-refractivity contribution is -0.131. The Morgan fingerprint density at radius 2 is 1.93 bits per heavy atom. The fourth-order valence-corrected chi connectivity index (χ4v) is 3.09. The highest BCUT2D eigenvalue weighted by Crippen LogP contribution is 2.12. The van der Waals surface area contributed by atoms with E-state index in [2.05, 4.69) is 10.4 Å². The van der Waals surface area contributed by atoms with Crippen LogP contribution in [0.5, 0.6) is 0 Å². The molecule has 0 aliphatic carbocycles. The number of rotatable bonds is 4. The van der Waals surface area contributed by atoms with E-state index < -0.39 is 5.82 Å².